The van der Waals surface area contributed by atoms with Gasteiger partial charge in [0, 0.05) is 25.2 Å². The highest BCUT2D eigenvalue weighted by molar-refractivity contribution is 5.48. The van der Waals surface area contributed by atoms with Gasteiger partial charge < -0.3 is 4.90 Å². The lowest BCUT2D eigenvalue weighted by Gasteiger charge is -2.21. The van der Waals surface area contributed by atoms with Gasteiger partial charge in [0.05, 0.1) is 12.2 Å². The maximum atomic E-state index is 13.2. The van der Waals surface area contributed by atoms with E-state index in [9.17, 15) is 9.18 Å². The lowest BCUT2D eigenvalue weighted by molar-refractivity contribution is -0.119. The monoisotopic (exact) mass is 247 g/mol. The predicted molar refractivity (Wildman–Crippen MR) is 59.3 cm³/mol. The van der Waals surface area contributed by atoms with Gasteiger partial charge in [0.15, 0.2) is 5.82 Å². The molecule has 0 unspecified atom stereocenters. The van der Waals surface area contributed by atoms with Crippen LogP contribution in [0.5, 0.6) is 0 Å². The Morgan fingerprint density at radius 2 is 2.33 bits per heavy atom. The topological polar surface area (TPSA) is 63.9 Å². The van der Waals surface area contributed by atoms with Gasteiger partial charge >= 0.3 is 0 Å². The van der Waals surface area contributed by atoms with Crippen molar-refractivity contribution in [1.82, 2.24) is 24.9 Å². The van der Waals surface area contributed by atoms with Crippen molar-refractivity contribution < 1.29 is 9.18 Å². The Balaban J connectivity index is 2.01. The molecule has 3 heterocycles. The van der Waals surface area contributed by atoms with E-state index in [1.165, 1.54) is 23.0 Å². The van der Waals surface area contributed by atoms with Gasteiger partial charge in [-0.2, -0.15) is 4.68 Å². The fourth-order valence-corrected chi connectivity index (χ4v) is 2.01. The average Bonchev–Trinajstić information content (AvgIpc) is 2.81. The van der Waals surface area contributed by atoms with E-state index in [-0.39, 0.29) is 5.82 Å². The number of carbonyl (C=O) groups is 1. The lowest BCUT2D eigenvalue weighted by atomic mass is 10.1. The van der Waals surface area contributed by atoms with Crippen LogP contribution >= 0.6 is 0 Å². The summed E-state index contributed by atoms with van der Waals surface area (Å²) in [6, 6.07) is 2.59. The SMILES string of the molecule is O=CN1CCc2c(nnn2-c2cc(F)ccn2)C1. The molecule has 1 amide bonds. The highest BCUT2D eigenvalue weighted by Crippen LogP contribution is 2.18. The molecule has 0 N–H and O–H groups in total. The fraction of sp³-hybridized carbons (Fsp3) is 0.273. The van der Waals surface area contributed by atoms with Gasteiger partial charge in [0.1, 0.15) is 11.5 Å². The molecule has 0 spiro atoms. The maximum Gasteiger partial charge on any atom is 0.210 e. The standard InChI is InChI=1S/C11H10FN5O/c12-8-1-3-13-11(5-8)17-10-2-4-16(7-18)6-9(10)14-15-17/h1,3,5,7H,2,4,6H2. The Morgan fingerprint density at radius 1 is 1.44 bits per heavy atom. The summed E-state index contributed by atoms with van der Waals surface area (Å²) in [4.78, 5) is 16.4. The first-order valence-electron chi connectivity index (χ1n) is 5.52. The number of pyridine rings is 1. The van der Waals surface area contributed by atoms with Crippen LogP contribution in [0.15, 0.2) is 18.3 Å². The van der Waals surface area contributed by atoms with Crippen LogP contribution < -0.4 is 0 Å². The molecule has 0 bridgehead atoms. The molecule has 1 aliphatic rings. The molecule has 2 aromatic rings. The minimum atomic E-state index is -0.366. The van der Waals surface area contributed by atoms with Gasteiger partial charge in [-0.1, -0.05) is 5.21 Å². The van der Waals surface area contributed by atoms with E-state index in [1.54, 1.807) is 4.90 Å². The van der Waals surface area contributed by atoms with E-state index in [1.807, 2.05) is 0 Å². The number of hydrogen-bond acceptors (Lipinski definition) is 4. The molecular weight excluding hydrogens is 237 g/mol. The summed E-state index contributed by atoms with van der Waals surface area (Å²) >= 11 is 0. The molecule has 2 aromatic heterocycles. The summed E-state index contributed by atoms with van der Waals surface area (Å²) in [6.45, 7) is 1.05. The first kappa shape index (κ1) is 10.8. The van der Waals surface area contributed by atoms with Crippen molar-refractivity contribution in [2.24, 2.45) is 0 Å². The second-order valence-electron chi connectivity index (χ2n) is 4.05. The van der Waals surface area contributed by atoms with Crippen LogP contribution in [0.2, 0.25) is 0 Å². The fourth-order valence-electron chi connectivity index (χ4n) is 2.01. The molecule has 0 fully saturated rings. The molecule has 7 heteroatoms. The third-order valence-corrected chi connectivity index (χ3v) is 2.91. The minimum absolute atomic E-state index is 0.366. The molecule has 0 aromatic carbocycles. The van der Waals surface area contributed by atoms with Gasteiger partial charge in [-0.25, -0.2) is 9.37 Å². The summed E-state index contributed by atoms with van der Waals surface area (Å²) in [7, 11) is 0. The molecular formula is C11H10FN5O. The van der Waals surface area contributed by atoms with Crippen LogP contribution in [0.1, 0.15) is 11.4 Å². The Hall–Kier alpha value is -2.31. The van der Waals surface area contributed by atoms with Crippen molar-refractivity contribution >= 4 is 6.41 Å². The van der Waals surface area contributed by atoms with Crippen molar-refractivity contribution in [2.75, 3.05) is 6.54 Å². The predicted octanol–water partition coefficient (Wildman–Crippen LogP) is 0.316. The van der Waals surface area contributed by atoms with Gasteiger partial charge in [-0.3, -0.25) is 4.79 Å². The number of carbonyl (C=O) groups excluding carboxylic acids is 1. The maximum absolute atomic E-state index is 13.2. The average molecular weight is 247 g/mol. The van der Waals surface area contributed by atoms with Crippen LogP contribution in [-0.4, -0.2) is 37.8 Å². The summed E-state index contributed by atoms with van der Waals surface area (Å²) < 4.78 is 14.7. The number of amides is 1. The van der Waals surface area contributed by atoms with E-state index >= 15 is 0 Å². The van der Waals surface area contributed by atoms with Gasteiger partial charge in [-0.05, 0) is 6.07 Å². The van der Waals surface area contributed by atoms with Crippen LogP contribution in [0.4, 0.5) is 4.39 Å². The van der Waals surface area contributed by atoms with Crippen molar-refractivity contribution in [2.45, 2.75) is 13.0 Å². The Bertz CT molecular complexity index is 597. The summed E-state index contributed by atoms with van der Waals surface area (Å²) in [6.07, 6.45) is 2.82. The molecule has 0 radical (unpaired) electrons. The first-order valence-corrected chi connectivity index (χ1v) is 5.52. The third-order valence-electron chi connectivity index (χ3n) is 2.91. The van der Waals surface area contributed by atoms with Gasteiger partial charge in [0.25, 0.3) is 0 Å². The summed E-state index contributed by atoms with van der Waals surface area (Å²) in [5, 5.41) is 7.98. The zero-order valence-corrected chi connectivity index (χ0v) is 9.45. The van der Waals surface area contributed by atoms with Crippen molar-refractivity contribution in [1.29, 1.82) is 0 Å². The molecule has 1 aliphatic heterocycles. The van der Waals surface area contributed by atoms with E-state index in [0.717, 1.165) is 17.8 Å². The first-order chi connectivity index (χ1) is 8.78. The number of aromatic nitrogens is 4. The number of halogens is 1. The van der Waals surface area contributed by atoms with E-state index in [0.29, 0.717) is 25.3 Å². The zero-order chi connectivity index (χ0) is 12.5. The Labute approximate surface area is 102 Å². The minimum Gasteiger partial charge on any atom is -0.339 e. The molecule has 0 saturated heterocycles. The highest BCUT2D eigenvalue weighted by atomic mass is 19.1. The number of rotatable bonds is 2. The molecule has 0 saturated carbocycles. The number of hydrogen-bond donors (Lipinski definition) is 0. The van der Waals surface area contributed by atoms with E-state index in [2.05, 4.69) is 15.3 Å². The second kappa shape index (κ2) is 4.17. The summed E-state index contributed by atoms with van der Waals surface area (Å²) in [5.74, 6) is 0.0397. The molecule has 0 aliphatic carbocycles. The molecule has 6 nitrogen and oxygen atoms in total. The van der Waals surface area contributed by atoms with Crippen LogP contribution in [0.3, 0.4) is 0 Å². The molecule has 0 atom stereocenters. The number of nitrogens with zero attached hydrogens (tertiary/aromatic N) is 5. The highest BCUT2D eigenvalue weighted by Gasteiger charge is 2.22. The Morgan fingerprint density at radius 3 is 3.11 bits per heavy atom. The molecule has 18 heavy (non-hydrogen) atoms. The lowest BCUT2D eigenvalue weighted by Crippen LogP contribution is -2.30. The van der Waals surface area contributed by atoms with Gasteiger partial charge in [0.2, 0.25) is 6.41 Å². The largest absolute Gasteiger partial charge is 0.339 e. The van der Waals surface area contributed by atoms with Crippen LogP contribution in [0, 0.1) is 5.82 Å². The Kier molecular flexibility index (Phi) is 2.51. The summed E-state index contributed by atoms with van der Waals surface area (Å²) in [5.41, 5.74) is 1.62. The zero-order valence-electron chi connectivity index (χ0n) is 9.45. The van der Waals surface area contributed by atoms with E-state index in [4.69, 9.17) is 0 Å². The van der Waals surface area contributed by atoms with E-state index < -0.39 is 0 Å². The van der Waals surface area contributed by atoms with Crippen molar-refractivity contribution in [3.63, 3.8) is 0 Å². The quantitative estimate of drug-likeness (QED) is 0.717. The van der Waals surface area contributed by atoms with Crippen molar-refractivity contribution in [3.8, 4) is 5.82 Å². The van der Waals surface area contributed by atoms with Crippen LogP contribution in [0.25, 0.3) is 5.82 Å². The van der Waals surface area contributed by atoms with Crippen molar-refractivity contribution in [3.05, 3.63) is 35.5 Å². The smallest absolute Gasteiger partial charge is 0.210 e. The number of fused-ring (bicyclic) bond motifs is 1. The van der Waals surface area contributed by atoms with Gasteiger partial charge in [-0.15, -0.1) is 5.10 Å². The third kappa shape index (κ3) is 1.73. The second-order valence-corrected chi connectivity index (χ2v) is 4.05. The molecule has 3 rings (SSSR count). The normalized spacial score (nSPS) is 14.4. The van der Waals surface area contributed by atoms with Crippen LogP contribution in [-0.2, 0) is 17.8 Å². The molecule has 92 valence electrons.